The summed E-state index contributed by atoms with van der Waals surface area (Å²) in [5, 5.41) is 0.723. The van der Waals surface area contributed by atoms with Crippen molar-refractivity contribution in [2.75, 3.05) is 6.61 Å². The molecule has 0 atom stereocenters. The number of rotatable bonds is 2. The van der Waals surface area contributed by atoms with E-state index >= 15 is 0 Å². The smallest absolute Gasteiger partial charge is 0.426 e. The van der Waals surface area contributed by atoms with Crippen LogP contribution in [0.2, 0.25) is 0 Å². The van der Waals surface area contributed by atoms with Gasteiger partial charge in [0.05, 0.1) is 17.7 Å². The lowest BCUT2D eigenvalue weighted by Gasteiger charge is -2.09. The molecule has 2 amide bonds. The SMILES string of the molecule is CCOC(=O)NNC(=O)c1cc(C)nc2ccccc12. The second kappa shape index (κ2) is 6.01. The van der Waals surface area contributed by atoms with Crippen LogP contribution in [-0.2, 0) is 4.74 Å². The Balaban J connectivity index is 2.23. The number of amides is 2. The topological polar surface area (TPSA) is 80.3 Å². The zero-order valence-electron chi connectivity index (χ0n) is 11.3. The number of nitrogens with one attached hydrogen (secondary N) is 2. The van der Waals surface area contributed by atoms with Crippen LogP contribution in [0.1, 0.15) is 23.0 Å². The van der Waals surface area contributed by atoms with Gasteiger partial charge in [-0.15, -0.1) is 0 Å². The molecule has 2 N–H and O–H groups in total. The van der Waals surface area contributed by atoms with Gasteiger partial charge < -0.3 is 4.74 Å². The molecule has 2 aromatic rings. The summed E-state index contributed by atoms with van der Waals surface area (Å²) in [5.74, 6) is -0.417. The molecule has 6 heteroatoms. The van der Waals surface area contributed by atoms with E-state index in [4.69, 9.17) is 0 Å². The monoisotopic (exact) mass is 273 g/mol. The quantitative estimate of drug-likeness (QED) is 0.819. The van der Waals surface area contributed by atoms with Gasteiger partial charge in [0.2, 0.25) is 0 Å². The van der Waals surface area contributed by atoms with Gasteiger partial charge in [-0.2, -0.15) is 0 Å². The van der Waals surface area contributed by atoms with Gasteiger partial charge in [0.1, 0.15) is 0 Å². The Bertz CT molecular complexity index is 655. The number of aryl methyl sites for hydroxylation is 1. The van der Waals surface area contributed by atoms with E-state index in [2.05, 4.69) is 20.6 Å². The lowest BCUT2D eigenvalue weighted by molar-refractivity contribution is 0.0914. The summed E-state index contributed by atoms with van der Waals surface area (Å²) >= 11 is 0. The summed E-state index contributed by atoms with van der Waals surface area (Å²) < 4.78 is 4.66. The minimum Gasteiger partial charge on any atom is -0.449 e. The minimum atomic E-state index is -0.698. The Morgan fingerprint density at radius 1 is 1.25 bits per heavy atom. The summed E-state index contributed by atoms with van der Waals surface area (Å²) in [4.78, 5) is 27.6. The minimum absolute atomic E-state index is 0.235. The zero-order chi connectivity index (χ0) is 14.5. The molecule has 6 nitrogen and oxygen atoms in total. The van der Waals surface area contributed by atoms with Gasteiger partial charge in [-0.1, -0.05) is 18.2 Å². The Hall–Kier alpha value is -2.63. The van der Waals surface area contributed by atoms with E-state index in [-0.39, 0.29) is 6.61 Å². The van der Waals surface area contributed by atoms with Gasteiger partial charge in [0.15, 0.2) is 0 Å². The molecule has 2 rings (SSSR count). The van der Waals surface area contributed by atoms with Gasteiger partial charge in [0, 0.05) is 11.1 Å². The lowest BCUT2D eigenvalue weighted by Crippen LogP contribution is -2.42. The number of carbonyl (C=O) groups excluding carboxylic acids is 2. The number of nitrogens with zero attached hydrogens (tertiary/aromatic N) is 1. The Labute approximate surface area is 116 Å². The normalized spacial score (nSPS) is 10.1. The number of aromatic nitrogens is 1. The second-order valence-electron chi connectivity index (χ2n) is 4.13. The van der Waals surface area contributed by atoms with Gasteiger partial charge >= 0.3 is 6.09 Å². The molecule has 20 heavy (non-hydrogen) atoms. The van der Waals surface area contributed by atoms with Crippen molar-refractivity contribution in [1.82, 2.24) is 15.8 Å². The van der Waals surface area contributed by atoms with E-state index in [1.54, 1.807) is 19.1 Å². The maximum absolute atomic E-state index is 12.1. The van der Waals surface area contributed by atoms with E-state index < -0.39 is 12.0 Å². The molecule has 0 saturated carbocycles. The molecule has 0 aliphatic rings. The molecule has 1 aromatic carbocycles. The number of pyridine rings is 1. The zero-order valence-corrected chi connectivity index (χ0v) is 11.3. The predicted octanol–water partition coefficient (Wildman–Crippen LogP) is 1.93. The van der Waals surface area contributed by atoms with Crippen LogP contribution in [0.3, 0.4) is 0 Å². The van der Waals surface area contributed by atoms with Crippen LogP contribution < -0.4 is 10.9 Å². The summed E-state index contributed by atoms with van der Waals surface area (Å²) in [6.07, 6.45) is -0.698. The van der Waals surface area contributed by atoms with Crippen molar-refractivity contribution in [2.45, 2.75) is 13.8 Å². The first-order valence-electron chi connectivity index (χ1n) is 6.21. The van der Waals surface area contributed by atoms with Gasteiger partial charge in [-0.25, -0.2) is 10.2 Å². The van der Waals surface area contributed by atoms with Crippen LogP contribution in [-0.4, -0.2) is 23.6 Å². The molecule has 0 radical (unpaired) electrons. The summed E-state index contributed by atoms with van der Waals surface area (Å²) in [6.45, 7) is 3.72. The molecule has 1 aromatic heterocycles. The molecular formula is C14H15N3O3. The van der Waals surface area contributed by atoms with Crippen LogP contribution in [0, 0.1) is 6.92 Å². The molecule has 0 spiro atoms. The number of para-hydroxylation sites is 1. The van der Waals surface area contributed by atoms with Crippen molar-refractivity contribution >= 4 is 22.9 Å². The third-order valence-corrected chi connectivity index (χ3v) is 2.64. The molecular weight excluding hydrogens is 258 g/mol. The number of hydrazine groups is 1. The fourth-order valence-electron chi connectivity index (χ4n) is 1.84. The molecule has 104 valence electrons. The number of benzene rings is 1. The molecule has 0 saturated heterocycles. The van der Waals surface area contributed by atoms with E-state index in [1.807, 2.05) is 25.1 Å². The molecule has 0 aliphatic carbocycles. The van der Waals surface area contributed by atoms with Crippen molar-refractivity contribution in [3.63, 3.8) is 0 Å². The van der Waals surface area contributed by atoms with Crippen molar-refractivity contribution < 1.29 is 14.3 Å². The fraction of sp³-hybridized carbons (Fsp3) is 0.214. The lowest BCUT2D eigenvalue weighted by atomic mass is 10.1. The first-order chi connectivity index (χ1) is 9.61. The van der Waals surface area contributed by atoms with Crippen molar-refractivity contribution in [2.24, 2.45) is 0 Å². The van der Waals surface area contributed by atoms with E-state index in [0.717, 1.165) is 16.6 Å². The van der Waals surface area contributed by atoms with Gasteiger partial charge in [-0.3, -0.25) is 15.2 Å². The number of fused-ring (bicyclic) bond motifs is 1. The highest BCUT2D eigenvalue weighted by atomic mass is 16.5. The van der Waals surface area contributed by atoms with Crippen LogP contribution >= 0.6 is 0 Å². The van der Waals surface area contributed by atoms with Crippen molar-refractivity contribution in [3.05, 3.63) is 41.6 Å². The Kier molecular flexibility index (Phi) is 4.14. The standard InChI is InChI=1S/C14H15N3O3/c1-3-20-14(19)17-16-13(18)11-8-9(2)15-12-7-5-4-6-10(11)12/h4-8H,3H2,1-2H3,(H,16,18)(H,17,19). The summed E-state index contributed by atoms with van der Waals surface area (Å²) in [6, 6.07) is 8.99. The molecule has 0 aliphatic heterocycles. The maximum atomic E-state index is 12.1. The summed E-state index contributed by atoms with van der Waals surface area (Å²) in [7, 11) is 0. The highest BCUT2D eigenvalue weighted by Crippen LogP contribution is 2.17. The average molecular weight is 273 g/mol. The highest BCUT2D eigenvalue weighted by molar-refractivity contribution is 6.06. The maximum Gasteiger partial charge on any atom is 0.426 e. The average Bonchev–Trinajstić information content (AvgIpc) is 2.44. The van der Waals surface area contributed by atoms with Gasteiger partial charge in [-0.05, 0) is 26.0 Å². The highest BCUT2D eigenvalue weighted by Gasteiger charge is 2.12. The van der Waals surface area contributed by atoms with Gasteiger partial charge in [0.25, 0.3) is 5.91 Å². The number of carbonyl (C=O) groups is 2. The predicted molar refractivity (Wildman–Crippen MR) is 74.1 cm³/mol. The van der Waals surface area contributed by atoms with Crippen LogP contribution in [0.5, 0.6) is 0 Å². The largest absolute Gasteiger partial charge is 0.449 e. The van der Waals surface area contributed by atoms with Crippen LogP contribution in [0.4, 0.5) is 4.79 Å². The Morgan fingerprint density at radius 3 is 2.75 bits per heavy atom. The third-order valence-electron chi connectivity index (χ3n) is 2.64. The second-order valence-corrected chi connectivity index (χ2v) is 4.13. The molecule has 1 heterocycles. The third kappa shape index (κ3) is 3.03. The first-order valence-corrected chi connectivity index (χ1v) is 6.21. The van der Waals surface area contributed by atoms with E-state index in [9.17, 15) is 9.59 Å². The van der Waals surface area contributed by atoms with Crippen LogP contribution in [0.25, 0.3) is 10.9 Å². The first kappa shape index (κ1) is 13.8. The molecule has 0 fully saturated rings. The van der Waals surface area contributed by atoms with Crippen molar-refractivity contribution in [3.8, 4) is 0 Å². The van der Waals surface area contributed by atoms with E-state index in [0.29, 0.717) is 5.56 Å². The number of hydrogen-bond acceptors (Lipinski definition) is 4. The number of hydrogen-bond donors (Lipinski definition) is 2. The molecule has 0 unspecified atom stereocenters. The fourth-order valence-corrected chi connectivity index (χ4v) is 1.84. The van der Waals surface area contributed by atoms with E-state index in [1.165, 1.54) is 0 Å². The van der Waals surface area contributed by atoms with Crippen LogP contribution in [0.15, 0.2) is 30.3 Å². The summed E-state index contributed by atoms with van der Waals surface area (Å²) in [5.41, 5.74) is 6.40. The number of ether oxygens (including phenoxy) is 1. The van der Waals surface area contributed by atoms with Crippen molar-refractivity contribution in [1.29, 1.82) is 0 Å². The Morgan fingerprint density at radius 2 is 2.00 bits per heavy atom. The molecule has 0 bridgehead atoms.